The molecule has 1 aromatic heterocycles. The first-order valence-electron chi connectivity index (χ1n) is 5.60. The molecular formula is C13H10ClN3O2. The molecule has 0 saturated carbocycles. The van der Waals surface area contributed by atoms with Gasteiger partial charge in [0, 0.05) is 5.02 Å². The van der Waals surface area contributed by atoms with Crippen molar-refractivity contribution in [3.63, 3.8) is 0 Å². The first-order valence-corrected chi connectivity index (χ1v) is 5.97. The fourth-order valence-corrected chi connectivity index (χ4v) is 2.02. The molecule has 0 unspecified atom stereocenters. The van der Waals surface area contributed by atoms with Crippen LogP contribution in [0.3, 0.4) is 0 Å². The summed E-state index contributed by atoms with van der Waals surface area (Å²) in [7, 11) is 0. The molecule has 0 aliphatic carbocycles. The van der Waals surface area contributed by atoms with Gasteiger partial charge in [-0.2, -0.15) is 0 Å². The van der Waals surface area contributed by atoms with Crippen molar-refractivity contribution in [3.8, 4) is 11.5 Å². The molecule has 3 rings (SSSR count). The molecule has 3 aromatic rings. The lowest BCUT2D eigenvalue weighted by atomic mass is 10.2. The van der Waals surface area contributed by atoms with Crippen molar-refractivity contribution in [2.75, 3.05) is 5.73 Å². The molecular weight excluding hydrogens is 266 g/mol. The molecule has 0 aliphatic rings. The van der Waals surface area contributed by atoms with E-state index in [1.807, 2.05) is 13.0 Å². The van der Waals surface area contributed by atoms with Crippen LogP contribution in [0.5, 0.6) is 11.5 Å². The Morgan fingerprint density at radius 1 is 1.11 bits per heavy atom. The number of aryl methyl sites for hydroxylation is 1. The van der Waals surface area contributed by atoms with Gasteiger partial charge in [0.05, 0.1) is 5.69 Å². The molecule has 0 bridgehead atoms. The van der Waals surface area contributed by atoms with Gasteiger partial charge in [-0.25, -0.2) is 4.63 Å². The lowest BCUT2D eigenvalue weighted by molar-refractivity contribution is 0.314. The van der Waals surface area contributed by atoms with Crippen LogP contribution in [-0.2, 0) is 0 Å². The fraction of sp³-hybridized carbons (Fsp3) is 0.0769. The molecule has 0 radical (unpaired) electrons. The van der Waals surface area contributed by atoms with Crippen LogP contribution < -0.4 is 10.5 Å². The van der Waals surface area contributed by atoms with Gasteiger partial charge in [0.25, 0.3) is 0 Å². The van der Waals surface area contributed by atoms with E-state index in [0.717, 1.165) is 5.56 Å². The van der Waals surface area contributed by atoms with E-state index in [-0.39, 0.29) is 0 Å². The summed E-state index contributed by atoms with van der Waals surface area (Å²) in [4.78, 5) is 0. The number of ether oxygens (including phenoxy) is 1. The average molecular weight is 276 g/mol. The van der Waals surface area contributed by atoms with E-state index in [2.05, 4.69) is 10.3 Å². The fourth-order valence-electron chi connectivity index (χ4n) is 1.79. The Morgan fingerprint density at radius 3 is 2.63 bits per heavy atom. The Kier molecular flexibility index (Phi) is 2.76. The third-order valence-electron chi connectivity index (χ3n) is 2.77. The zero-order chi connectivity index (χ0) is 13.4. The van der Waals surface area contributed by atoms with E-state index in [4.69, 9.17) is 26.7 Å². The Morgan fingerprint density at radius 2 is 1.84 bits per heavy atom. The number of hydrogen-bond acceptors (Lipinski definition) is 5. The monoisotopic (exact) mass is 275 g/mol. The number of nitrogens with two attached hydrogens (primary N) is 1. The largest absolute Gasteiger partial charge is 0.455 e. The quantitative estimate of drug-likeness (QED) is 0.724. The summed E-state index contributed by atoms with van der Waals surface area (Å²) in [5.74, 6) is 1.23. The van der Waals surface area contributed by atoms with Gasteiger partial charge in [-0.3, -0.25) is 0 Å². The minimum Gasteiger partial charge on any atom is -0.455 e. The highest BCUT2D eigenvalue weighted by atomic mass is 35.5. The van der Waals surface area contributed by atoms with E-state index in [1.165, 1.54) is 0 Å². The van der Waals surface area contributed by atoms with Crippen LogP contribution in [0.25, 0.3) is 11.0 Å². The number of benzene rings is 2. The highest BCUT2D eigenvalue weighted by molar-refractivity contribution is 6.30. The zero-order valence-electron chi connectivity index (χ0n) is 10.1. The zero-order valence-corrected chi connectivity index (χ0v) is 10.8. The molecule has 6 heteroatoms. The normalized spacial score (nSPS) is 10.8. The van der Waals surface area contributed by atoms with Gasteiger partial charge in [0.15, 0.2) is 16.8 Å². The van der Waals surface area contributed by atoms with Crippen molar-refractivity contribution < 1.29 is 9.37 Å². The maximum absolute atomic E-state index is 5.91. The lowest BCUT2D eigenvalue weighted by Gasteiger charge is -2.09. The first-order chi connectivity index (χ1) is 9.15. The van der Waals surface area contributed by atoms with Crippen molar-refractivity contribution in [3.05, 3.63) is 40.9 Å². The third kappa shape index (κ3) is 2.08. The Bertz CT molecular complexity index is 755. The van der Waals surface area contributed by atoms with Crippen LogP contribution in [0.1, 0.15) is 5.56 Å². The number of aromatic nitrogens is 2. The number of halogens is 1. The van der Waals surface area contributed by atoms with Gasteiger partial charge < -0.3 is 10.5 Å². The molecule has 5 nitrogen and oxygen atoms in total. The SMILES string of the molecule is Cc1cc(Cl)ccc1Oc1ccc(N)c2nonc12. The molecule has 0 fully saturated rings. The second kappa shape index (κ2) is 4.44. The van der Waals surface area contributed by atoms with E-state index >= 15 is 0 Å². The average Bonchev–Trinajstić information content (AvgIpc) is 2.86. The summed E-state index contributed by atoms with van der Waals surface area (Å²) < 4.78 is 10.5. The number of fused-ring (bicyclic) bond motifs is 1. The number of hydrogen-bond donors (Lipinski definition) is 1. The minimum absolute atomic E-state index is 0.490. The summed E-state index contributed by atoms with van der Waals surface area (Å²) in [5.41, 5.74) is 8.18. The summed E-state index contributed by atoms with van der Waals surface area (Å²) in [6.07, 6.45) is 0. The van der Waals surface area contributed by atoms with Crippen LogP contribution >= 0.6 is 11.6 Å². The van der Waals surface area contributed by atoms with Crippen LogP contribution in [0.4, 0.5) is 5.69 Å². The van der Waals surface area contributed by atoms with Gasteiger partial charge in [-0.05, 0) is 53.1 Å². The minimum atomic E-state index is 0.490. The molecule has 0 spiro atoms. The van der Waals surface area contributed by atoms with Crippen LogP contribution in [0.15, 0.2) is 35.0 Å². The highest BCUT2D eigenvalue weighted by Crippen LogP contribution is 2.33. The van der Waals surface area contributed by atoms with E-state index < -0.39 is 0 Å². The van der Waals surface area contributed by atoms with Gasteiger partial charge in [0.1, 0.15) is 5.75 Å². The molecule has 2 N–H and O–H groups in total. The number of nitrogen functional groups attached to an aromatic ring is 1. The lowest BCUT2D eigenvalue weighted by Crippen LogP contribution is -1.91. The van der Waals surface area contributed by atoms with Crippen LogP contribution in [0, 0.1) is 6.92 Å². The second-order valence-corrected chi connectivity index (χ2v) is 4.56. The molecule has 2 aromatic carbocycles. The number of rotatable bonds is 2. The van der Waals surface area contributed by atoms with Crippen LogP contribution in [-0.4, -0.2) is 10.3 Å². The maximum atomic E-state index is 5.91. The van der Waals surface area contributed by atoms with Gasteiger partial charge in [-0.1, -0.05) is 11.6 Å². The van der Waals surface area contributed by atoms with Gasteiger partial charge in [0.2, 0.25) is 0 Å². The molecule has 1 heterocycles. The molecule has 19 heavy (non-hydrogen) atoms. The Hall–Kier alpha value is -2.27. The number of anilines is 1. The summed E-state index contributed by atoms with van der Waals surface area (Å²) in [6.45, 7) is 1.91. The van der Waals surface area contributed by atoms with E-state index in [0.29, 0.717) is 33.2 Å². The molecule has 0 saturated heterocycles. The van der Waals surface area contributed by atoms with Gasteiger partial charge in [-0.15, -0.1) is 0 Å². The summed E-state index contributed by atoms with van der Waals surface area (Å²) in [6, 6.07) is 8.82. The summed E-state index contributed by atoms with van der Waals surface area (Å²) in [5, 5.41) is 8.21. The topological polar surface area (TPSA) is 74.2 Å². The van der Waals surface area contributed by atoms with Gasteiger partial charge >= 0.3 is 0 Å². The standard InChI is InChI=1S/C13H10ClN3O2/c1-7-6-8(14)2-4-10(7)18-11-5-3-9(15)12-13(11)17-19-16-12/h2-6H,15H2,1H3. The predicted octanol–water partition coefficient (Wildman–Crippen LogP) is 3.56. The molecule has 0 amide bonds. The third-order valence-corrected chi connectivity index (χ3v) is 3.00. The molecule has 96 valence electrons. The molecule has 0 atom stereocenters. The van der Waals surface area contributed by atoms with Crippen molar-refractivity contribution in [2.24, 2.45) is 0 Å². The van der Waals surface area contributed by atoms with E-state index in [1.54, 1.807) is 24.3 Å². The Labute approximate surface area is 113 Å². The number of nitrogens with zero attached hydrogens (tertiary/aromatic N) is 2. The molecule has 0 aliphatic heterocycles. The van der Waals surface area contributed by atoms with Crippen molar-refractivity contribution in [2.45, 2.75) is 6.92 Å². The smallest absolute Gasteiger partial charge is 0.179 e. The predicted molar refractivity (Wildman–Crippen MR) is 72.5 cm³/mol. The Balaban J connectivity index is 2.06. The van der Waals surface area contributed by atoms with E-state index in [9.17, 15) is 0 Å². The van der Waals surface area contributed by atoms with Crippen molar-refractivity contribution in [1.82, 2.24) is 10.3 Å². The maximum Gasteiger partial charge on any atom is 0.179 e. The van der Waals surface area contributed by atoms with Crippen molar-refractivity contribution in [1.29, 1.82) is 0 Å². The highest BCUT2D eigenvalue weighted by Gasteiger charge is 2.12. The van der Waals surface area contributed by atoms with Crippen LogP contribution in [0.2, 0.25) is 5.02 Å². The first kappa shape index (κ1) is 11.8. The summed E-state index contributed by atoms with van der Waals surface area (Å²) >= 11 is 5.91. The second-order valence-electron chi connectivity index (χ2n) is 4.13. The van der Waals surface area contributed by atoms with Crippen molar-refractivity contribution >= 4 is 28.3 Å².